The molecule has 1 heterocycles. The van der Waals surface area contributed by atoms with Crippen molar-refractivity contribution in [3.63, 3.8) is 0 Å². The largest absolute Gasteiger partial charge is 0.494 e. The summed E-state index contributed by atoms with van der Waals surface area (Å²) in [5.41, 5.74) is 1.94. The van der Waals surface area contributed by atoms with Gasteiger partial charge in [-0.15, -0.1) is 23.5 Å². The molecule has 1 atom stereocenters. The SMILES string of the molecule is COc1ccc([C@@H](C)NC(=O)COc2ccc(C3SCCS3)cc2)cc1F. The fourth-order valence-electron chi connectivity index (χ4n) is 2.74. The van der Waals surface area contributed by atoms with Crippen molar-refractivity contribution < 1.29 is 18.7 Å². The highest BCUT2D eigenvalue weighted by Crippen LogP contribution is 2.45. The van der Waals surface area contributed by atoms with E-state index in [1.165, 1.54) is 30.2 Å². The Morgan fingerprint density at radius 2 is 1.93 bits per heavy atom. The van der Waals surface area contributed by atoms with Crippen molar-refractivity contribution in [1.82, 2.24) is 5.32 Å². The molecule has 27 heavy (non-hydrogen) atoms. The predicted molar refractivity (Wildman–Crippen MR) is 109 cm³/mol. The van der Waals surface area contributed by atoms with Crippen LogP contribution in [-0.4, -0.2) is 31.1 Å². The van der Waals surface area contributed by atoms with Gasteiger partial charge in [-0.25, -0.2) is 4.39 Å². The summed E-state index contributed by atoms with van der Waals surface area (Å²) in [6.07, 6.45) is 0. The Bertz CT molecular complexity index is 779. The Morgan fingerprint density at radius 1 is 1.22 bits per heavy atom. The molecular weight excluding hydrogens is 385 g/mol. The van der Waals surface area contributed by atoms with Crippen molar-refractivity contribution in [2.24, 2.45) is 0 Å². The molecule has 144 valence electrons. The highest BCUT2D eigenvalue weighted by Gasteiger charge is 2.18. The predicted octanol–water partition coefficient (Wildman–Crippen LogP) is 4.57. The van der Waals surface area contributed by atoms with E-state index in [1.807, 2.05) is 47.8 Å². The van der Waals surface area contributed by atoms with Crippen LogP contribution >= 0.6 is 23.5 Å². The second kappa shape index (κ2) is 9.37. The highest BCUT2D eigenvalue weighted by molar-refractivity contribution is 8.19. The summed E-state index contributed by atoms with van der Waals surface area (Å²) in [5, 5.41) is 2.81. The minimum atomic E-state index is -0.453. The molecule has 1 aliphatic heterocycles. The Kier molecular flexibility index (Phi) is 6.90. The van der Waals surface area contributed by atoms with Crippen LogP contribution in [0.1, 0.15) is 28.7 Å². The number of thioether (sulfide) groups is 2. The van der Waals surface area contributed by atoms with E-state index in [1.54, 1.807) is 19.1 Å². The van der Waals surface area contributed by atoms with Crippen LogP contribution in [0.3, 0.4) is 0 Å². The van der Waals surface area contributed by atoms with Crippen molar-refractivity contribution in [1.29, 1.82) is 0 Å². The Labute approximate surface area is 167 Å². The molecule has 4 nitrogen and oxygen atoms in total. The van der Waals surface area contributed by atoms with Crippen molar-refractivity contribution in [2.45, 2.75) is 17.5 Å². The molecule has 1 aliphatic rings. The fraction of sp³-hybridized carbons (Fsp3) is 0.350. The van der Waals surface area contributed by atoms with Crippen LogP contribution in [0.2, 0.25) is 0 Å². The van der Waals surface area contributed by atoms with Crippen LogP contribution in [0.4, 0.5) is 4.39 Å². The molecule has 0 unspecified atom stereocenters. The van der Waals surface area contributed by atoms with Crippen LogP contribution in [0.15, 0.2) is 42.5 Å². The van der Waals surface area contributed by atoms with Gasteiger partial charge in [0.1, 0.15) is 5.75 Å². The van der Waals surface area contributed by atoms with Gasteiger partial charge in [-0.2, -0.15) is 0 Å². The van der Waals surface area contributed by atoms with Crippen molar-refractivity contribution in [3.8, 4) is 11.5 Å². The third kappa shape index (κ3) is 5.32. The number of benzene rings is 2. The molecule has 2 aromatic carbocycles. The van der Waals surface area contributed by atoms with Gasteiger partial charge in [0.15, 0.2) is 18.2 Å². The maximum atomic E-state index is 13.8. The van der Waals surface area contributed by atoms with Gasteiger partial charge in [0.2, 0.25) is 0 Å². The summed E-state index contributed by atoms with van der Waals surface area (Å²) in [5.74, 6) is 2.49. The number of carbonyl (C=O) groups excluding carboxylic acids is 1. The zero-order valence-electron chi connectivity index (χ0n) is 15.2. The topological polar surface area (TPSA) is 47.6 Å². The third-order valence-electron chi connectivity index (χ3n) is 4.20. The summed E-state index contributed by atoms with van der Waals surface area (Å²) < 4.78 is 24.8. The number of rotatable bonds is 7. The molecule has 3 rings (SSSR count). The van der Waals surface area contributed by atoms with E-state index in [0.29, 0.717) is 15.9 Å². The Hall–Kier alpha value is -1.86. The summed E-state index contributed by atoms with van der Waals surface area (Å²) >= 11 is 3.90. The first kappa shape index (κ1) is 19.9. The maximum absolute atomic E-state index is 13.8. The van der Waals surface area contributed by atoms with Crippen molar-refractivity contribution in [3.05, 3.63) is 59.4 Å². The number of ether oxygens (including phenoxy) is 2. The number of amides is 1. The lowest BCUT2D eigenvalue weighted by Crippen LogP contribution is -2.31. The molecule has 1 saturated heterocycles. The quantitative estimate of drug-likeness (QED) is 0.729. The van der Waals surface area contributed by atoms with Crippen LogP contribution < -0.4 is 14.8 Å². The second-order valence-corrected chi connectivity index (χ2v) is 8.84. The van der Waals surface area contributed by atoms with E-state index >= 15 is 0 Å². The Morgan fingerprint density at radius 3 is 2.56 bits per heavy atom. The van der Waals surface area contributed by atoms with Gasteiger partial charge in [-0.05, 0) is 42.3 Å². The average molecular weight is 408 g/mol. The molecule has 1 fully saturated rings. The van der Waals surface area contributed by atoms with Gasteiger partial charge in [-0.1, -0.05) is 18.2 Å². The number of hydrogen-bond acceptors (Lipinski definition) is 5. The molecule has 7 heteroatoms. The molecule has 1 N–H and O–H groups in total. The summed E-state index contributed by atoms with van der Waals surface area (Å²) in [4.78, 5) is 12.1. The highest BCUT2D eigenvalue weighted by atomic mass is 32.2. The number of halogens is 1. The first-order valence-corrected chi connectivity index (χ1v) is 10.8. The van der Waals surface area contributed by atoms with Gasteiger partial charge in [0.25, 0.3) is 5.91 Å². The van der Waals surface area contributed by atoms with Gasteiger partial charge < -0.3 is 14.8 Å². The zero-order chi connectivity index (χ0) is 19.2. The lowest BCUT2D eigenvalue weighted by molar-refractivity contribution is -0.123. The molecule has 0 radical (unpaired) electrons. The maximum Gasteiger partial charge on any atom is 0.258 e. The molecule has 0 saturated carbocycles. The van der Waals surface area contributed by atoms with Crippen molar-refractivity contribution in [2.75, 3.05) is 25.2 Å². The molecule has 0 aromatic heterocycles. The third-order valence-corrected chi connectivity index (χ3v) is 7.30. The lowest BCUT2D eigenvalue weighted by Gasteiger charge is -2.16. The number of nitrogens with one attached hydrogen (secondary N) is 1. The standard InChI is InChI=1S/C20H22FNO3S2/c1-13(15-5-8-18(24-2)17(21)11-15)22-19(23)12-25-16-6-3-14(4-7-16)20-26-9-10-27-20/h3-8,11,13,20H,9-10,12H2,1-2H3,(H,22,23)/t13-/m1/s1. The monoisotopic (exact) mass is 407 g/mol. The van der Waals surface area contributed by atoms with Crippen molar-refractivity contribution >= 4 is 29.4 Å². The fourth-order valence-corrected chi connectivity index (χ4v) is 5.60. The molecule has 0 spiro atoms. The minimum absolute atomic E-state index is 0.0880. The number of methoxy groups -OCH3 is 1. The molecule has 0 bridgehead atoms. The first-order valence-electron chi connectivity index (χ1n) is 8.65. The lowest BCUT2D eigenvalue weighted by atomic mass is 10.1. The van der Waals surface area contributed by atoms with E-state index in [-0.39, 0.29) is 24.3 Å². The summed E-state index contributed by atoms with van der Waals surface area (Å²) in [6.45, 7) is 1.71. The van der Waals surface area contributed by atoms with Crippen LogP contribution in [0.5, 0.6) is 11.5 Å². The van der Waals surface area contributed by atoms with E-state index in [4.69, 9.17) is 9.47 Å². The molecular formula is C20H22FNO3S2. The van der Waals surface area contributed by atoms with E-state index in [0.717, 1.165) is 0 Å². The van der Waals surface area contributed by atoms with Gasteiger partial charge in [0, 0.05) is 11.5 Å². The summed E-state index contributed by atoms with van der Waals surface area (Å²) in [7, 11) is 1.42. The smallest absolute Gasteiger partial charge is 0.258 e. The normalized spacial score (nSPS) is 15.4. The van der Waals surface area contributed by atoms with Crippen LogP contribution in [0, 0.1) is 5.82 Å². The second-order valence-electron chi connectivity index (χ2n) is 6.11. The van der Waals surface area contributed by atoms with Crippen LogP contribution in [-0.2, 0) is 4.79 Å². The first-order chi connectivity index (χ1) is 13.1. The van der Waals surface area contributed by atoms with E-state index in [9.17, 15) is 9.18 Å². The summed E-state index contributed by atoms with van der Waals surface area (Å²) in [6, 6.07) is 12.2. The van der Waals surface area contributed by atoms with Crippen LogP contribution in [0.25, 0.3) is 0 Å². The zero-order valence-corrected chi connectivity index (χ0v) is 16.9. The minimum Gasteiger partial charge on any atom is -0.494 e. The molecule has 1 amide bonds. The van der Waals surface area contributed by atoms with Gasteiger partial charge >= 0.3 is 0 Å². The van der Waals surface area contributed by atoms with Gasteiger partial charge in [-0.3, -0.25) is 4.79 Å². The average Bonchev–Trinajstić information content (AvgIpc) is 3.21. The molecule has 0 aliphatic carbocycles. The number of carbonyl (C=O) groups is 1. The van der Waals surface area contributed by atoms with E-state index in [2.05, 4.69) is 5.32 Å². The number of hydrogen-bond donors (Lipinski definition) is 1. The van der Waals surface area contributed by atoms with Gasteiger partial charge in [0.05, 0.1) is 17.7 Å². The Balaban J connectivity index is 1.49. The molecule has 2 aromatic rings. The van der Waals surface area contributed by atoms with E-state index < -0.39 is 5.82 Å².